The van der Waals surface area contributed by atoms with E-state index < -0.39 is 16.8 Å². The van der Waals surface area contributed by atoms with E-state index in [9.17, 15) is 19.7 Å². The number of ether oxygens (including phenoxy) is 1. The number of esters is 1. The van der Waals surface area contributed by atoms with Crippen molar-refractivity contribution in [3.63, 3.8) is 0 Å². The molecule has 32 heavy (non-hydrogen) atoms. The van der Waals surface area contributed by atoms with Crippen LogP contribution in [0, 0.1) is 10.1 Å². The van der Waals surface area contributed by atoms with Crippen LogP contribution in [0.2, 0.25) is 0 Å². The summed E-state index contributed by atoms with van der Waals surface area (Å²) in [7, 11) is 0. The van der Waals surface area contributed by atoms with Gasteiger partial charge >= 0.3 is 5.97 Å². The van der Waals surface area contributed by atoms with Crippen molar-refractivity contribution in [2.24, 2.45) is 5.10 Å². The van der Waals surface area contributed by atoms with Crippen molar-refractivity contribution >= 4 is 71.6 Å². The second-order valence-electron chi connectivity index (χ2n) is 6.09. The molecule has 1 heterocycles. The van der Waals surface area contributed by atoms with Crippen LogP contribution in [0.15, 0.2) is 73.4 Å². The molecule has 1 aromatic heterocycles. The Kier molecular flexibility index (Phi) is 7.83. The quantitative estimate of drug-likeness (QED) is 0.131. The third-order valence-corrected chi connectivity index (χ3v) is 5.43. The maximum absolute atomic E-state index is 12.5. The highest BCUT2D eigenvalue weighted by Crippen LogP contribution is 2.33. The summed E-state index contributed by atoms with van der Waals surface area (Å²) in [6.45, 7) is 0. The fraction of sp³-hybridized carbons (Fsp3) is 0. The standard InChI is InChI=1S/C20H11Br3N4O5/c21-14-3-1-11(2-4-14)20(29)32-18-12(6-16(27(30)31)7-17(18)23)9-25-26-19(28)13-5-15(22)10-24-8-13/h1-10H,(H,26,28)/b25-9+. The number of non-ortho nitro benzene ring substituents is 1. The molecule has 0 saturated carbocycles. The van der Waals surface area contributed by atoms with Crippen LogP contribution in [0.25, 0.3) is 0 Å². The Bertz CT molecular complexity index is 1230. The summed E-state index contributed by atoms with van der Waals surface area (Å²) in [6.07, 6.45) is 4.02. The van der Waals surface area contributed by atoms with Gasteiger partial charge in [-0.1, -0.05) is 15.9 Å². The number of pyridine rings is 1. The van der Waals surface area contributed by atoms with Crippen molar-refractivity contribution in [3.8, 4) is 5.75 Å². The van der Waals surface area contributed by atoms with E-state index in [1.54, 1.807) is 30.3 Å². The summed E-state index contributed by atoms with van der Waals surface area (Å²) in [6, 6.07) is 10.4. The van der Waals surface area contributed by atoms with Gasteiger partial charge in [-0.15, -0.1) is 0 Å². The van der Waals surface area contributed by atoms with Gasteiger partial charge in [0.25, 0.3) is 11.6 Å². The molecule has 0 aliphatic carbocycles. The van der Waals surface area contributed by atoms with Crippen LogP contribution in [-0.2, 0) is 0 Å². The molecule has 0 aliphatic heterocycles. The number of nitro benzene ring substituents is 1. The molecule has 0 fully saturated rings. The van der Waals surface area contributed by atoms with E-state index in [1.165, 1.54) is 24.5 Å². The Labute approximate surface area is 206 Å². The first-order chi connectivity index (χ1) is 15.2. The largest absolute Gasteiger partial charge is 0.421 e. The highest BCUT2D eigenvalue weighted by molar-refractivity contribution is 9.11. The predicted molar refractivity (Wildman–Crippen MR) is 127 cm³/mol. The van der Waals surface area contributed by atoms with Gasteiger partial charge < -0.3 is 4.74 Å². The molecule has 0 unspecified atom stereocenters. The number of nitrogens with zero attached hydrogens (tertiary/aromatic N) is 3. The minimum Gasteiger partial charge on any atom is -0.421 e. The first-order valence-corrected chi connectivity index (χ1v) is 11.0. The summed E-state index contributed by atoms with van der Waals surface area (Å²) >= 11 is 9.70. The van der Waals surface area contributed by atoms with Gasteiger partial charge in [-0.3, -0.25) is 19.9 Å². The maximum atomic E-state index is 12.5. The third-order valence-electron chi connectivity index (χ3n) is 3.88. The monoisotopic (exact) mass is 624 g/mol. The molecule has 0 bridgehead atoms. The van der Waals surface area contributed by atoms with Crippen LogP contribution in [0.3, 0.4) is 0 Å². The first kappa shape index (κ1) is 23.7. The number of hydrazone groups is 1. The van der Waals surface area contributed by atoms with Crippen LogP contribution in [0.1, 0.15) is 26.3 Å². The molecule has 162 valence electrons. The topological polar surface area (TPSA) is 124 Å². The summed E-state index contributed by atoms with van der Waals surface area (Å²) < 4.78 is 7.02. The average molecular weight is 627 g/mol. The molecule has 0 spiro atoms. The van der Waals surface area contributed by atoms with Gasteiger partial charge in [-0.2, -0.15) is 5.10 Å². The highest BCUT2D eigenvalue weighted by Gasteiger charge is 2.19. The second-order valence-corrected chi connectivity index (χ2v) is 8.78. The number of nitro groups is 1. The van der Waals surface area contributed by atoms with E-state index in [2.05, 4.69) is 63.3 Å². The number of amides is 1. The number of hydrogen-bond donors (Lipinski definition) is 1. The van der Waals surface area contributed by atoms with Crippen molar-refractivity contribution < 1.29 is 19.2 Å². The third kappa shape index (κ3) is 6.05. The lowest BCUT2D eigenvalue weighted by Crippen LogP contribution is -2.18. The van der Waals surface area contributed by atoms with Crippen molar-refractivity contribution in [2.45, 2.75) is 0 Å². The number of aromatic nitrogens is 1. The Morgan fingerprint density at radius 2 is 1.75 bits per heavy atom. The number of carbonyl (C=O) groups is 2. The molecule has 1 N–H and O–H groups in total. The molecule has 0 atom stereocenters. The van der Waals surface area contributed by atoms with Crippen LogP contribution in [-0.4, -0.2) is 28.0 Å². The molecule has 3 rings (SSSR count). The minimum atomic E-state index is -0.675. The molecule has 3 aromatic rings. The summed E-state index contributed by atoms with van der Waals surface area (Å²) in [5, 5.41) is 15.1. The van der Waals surface area contributed by atoms with Crippen LogP contribution >= 0.6 is 47.8 Å². The maximum Gasteiger partial charge on any atom is 0.343 e. The van der Waals surface area contributed by atoms with Crippen molar-refractivity contribution in [3.05, 3.63) is 95.1 Å². The number of rotatable bonds is 6. The summed E-state index contributed by atoms with van der Waals surface area (Å²) in [4.78, 5) is 39.3. The summed E-state index contributed by atoms with van der Waals surface area (Å²) in [5.74, 6) is -1.22. The number of benzene rings is 2. The lowest BCUT2D eigenvalue weighted by molar-refractivity contribution is -0.385. The van der Waals surface area contributed by atoms with E-state index in [0.29, 0.717) is 4.47 Å². The van der Waals surface area contributed by atoms with Crippen LogP contribution in [0.4, 0.5) is 5.69 Å². The molecule has 12 heteroatoms. The first-order valence-electron chi connectivity index (χ1n) is 8.64. The molecular formula is C20H11Br3N4O5. The van der Waals surface area contributed by atoms with Gasteiger partial charge in [0.1, 0.15) is 0 Å². The zero-order chi connectivity index (χ0) is 23.3. The molecule has 2 aromatic carbocycles. The van der Waals surface area contributed by atoms with Crippen molar-refractivity contribution in [1.82, 2.24) is 10.4 Å². The zero-order valence-electron chi connectivity index (χ0n) is 15.8. The molecule has 1 amide bonds. The number of carbonyl (C=O) groups excluding carboxylic acids is 2. The number of halogens is 3. The SMILES string of the molecule is O=C(N/N=C/c1cc([N+](=O)[O-])cc(Br)c1OC(=O)c1ccc(Br)cc1)c1cncc(Br)c1. The van der Waals surface area contributed by atoms with Gasteiger partial charge in [0, 0.05) is 39.0 Å². The average Bonchev–Trinajstić information content (AvgIpc) is 2.75. The molecule has 0 saturated heterocycles. The van der Waals surface area contributed by atoms with Crippen molar-refractivity contribution in [1.29, 1.82) is 0 Å². The minimum absolute atomic E-state index is 0.00522. The van der Waals surface area contributed by atoms with Crippen LogP contribution < -0.4 is 10.2 Å². The van der Waals surface area contributed by atoms with E-state index in [1.807, 2.05) is 0 Å². The second kappa shape index (κ2) is 10.6. The Morgan fingerprint density at radius 1 is 1.03 bits per heavy atom. The van der Waals surface area contributed by atoms with E-state index in [4.69, 9.17) is 4.74 Å². The Balaban J connectivity index is 1.88. The van der Waals surface area contributed by atoms with Crippen LogP contribution in [0.5, 0.6) is 5.75 Å². The number of nitrogens with one attached hydrogen (secondary N) is 1. The lowest BCUT2D eigenvalue weighted by Gasteiger charge is -2.10. The number of hydrogen-bond acceptors (Lipinski definition) is 7. The fourth-order valence-corrected chi connectivity index (χ4v) is 3.58. The molecule has 0 radical (unpaired) electrons. The lowest BCUT2D eigenvalue weighted by atomic mass is 10.2. The van der Waals surface area contributed by atoms with Gasteiger partial charge in [0.05, 0.1) is 26.7 Å². The van der Waals surface area contributed by atoms with Gasteiger partial charge in [0.15, 0.2) is 5.75 Å². The smallest absolute Gasteiger partial charge is 0.343 e. The predicted octanol–water partition coefficient (Wildman–Crippen LogP) is 5.26. The summed E-state index contributed by atoms with van der Waals surface area (Å²) in [5.41, 5.74) is 2.66. The van der Waals surface area contributed by atoms with Gasteiger partial charge in [-0.25, -0.2) is 10.2 Å². The normalized spacial score (nSPS) is 10.7. The molecule has 0 aliphatic rings. The van der Waals surface area contributed by atoms with E-state index >= 15 is 0 Å². The fourth-order valence-electron chi connectivity index (χ4n) is 2.41. The molecule has 9 nitrogen and oxygen atoms in total. The van der Waals surface area contributed by atoms with Gasteiger partial charge in [0.2, 0.25) is 0 Å². The molecular weight excluding hydrogens is 616 g/mol. The Hall–Kier alpha value is -2.96. The highest BCUT2D eigenvalue weighted by atomic mass is 79.9. The van der Waals surface area contributed by atoms with Gasteiger partial charge in [-0.05, 0) is 62.2 Å². The van der Waals surface area contributed by atoms with Crippen molar-refractivity contribution in [2.75, 3.05) is 0 Å². The zero-order valence-corrected chi connectivity index (χ0v) is 20.5. The van der Waals surface area contributed by atoms with E-state index in [-0.39, 0.29) is 32.6 Å². The Morgan fingerprint density at radius 3 is 2.41 bits per heavy atom. The van der Waals surface area contributed by atoms with E-state index in [0.717, 1.165) is 10.7 Å².